The van der Waals surface area contributed by atoms with Crippen LogP contribution in [-0.4, -0.2) is 36.2 Å². The van der Waals surface area contributed by atoms with E-state index >= 15 is 0 Å². The maximum absolute atomic E-state index is 5.89. The molecule has 2 nitrogen and oxygen atoms in total. The van der Waals surface area contributed by atoms with Crippen LogP contribution in [0.4, 0.5) is 0 Å². The molecule has 0 aromatic rings. The lowest BCUT2D eigenvalue weighted by Gasteiger charge is -2.28. The molecular weight excluding hydrogens is 174 g/mol. The highest BCUT2D eigenvalue weighted by atomic mass is 16.5. The number of hydrogen-bond donors (Lipinski definition) is 0. The van der Waals surface area contributed by atoms with Crippen LogP contribution in [-0.2, 0) is 4.74 Å². The van der Waals surface area contributed by atoms with Crippen molar-refractivity contribution in [2.45, 2.75) is 52.7 Å². The van der Waals surface area contributed by atoms with Crippen molar-refractivity contribution in [1.29, 1.82) is 0 Å². The number of ether oxygens (including phenoxy) is 1. The Hall–Kier alpha value is -0.0800. The highest BCUT2D eigenvalue weighted by Gasteiger charge is 2.22. The van der Waals surface area contributed by atoms with Crippen molar-refractivity contribution >= 4 is 0 Å². The summed E-state index contributed by atoms with van der Waals surface area (Å²) in [5, 5.41) is 0. The van der Waals surface area contributed by atoms with E-state index in [0.29, 0.717) is 6.10 Å². The molecule has 0 unspecified atom stereocenters. The summed E-state index contributed by atoms with van der Waals surface area (Å²) in [7, 11) is 0. The lowest BCUT2D eigenvalue weighted by atomic mass is 10.2. The van der Waals surface area contributed by atoms with Gasteiger partial charge in [0.2, 0.25) is 0 Å². The van der Waals surface area contributed by atoms with E-state index in [-0.39, 0.29) is 5.60 Å². The van der Waals surface area contributed by atoms with E-state index in [2.05, 4.69) is 39.5 Å². The van der Waals surface area contributed by atoms with Crippen LogP contribution in [0.5, 0.6) is 0 Å². The number of rotatable bonds is 3. The molecule has 0 N–H and O–H groups in total. The molecule has 0 bridgehead atoms. The largest absolute Gasteiger partial charge is 0.372 e. The van der Waals surface area contributed by atoms with E-state index in [1.807, 2.05) is 0 Å². The fourth-order valence-electron chi connectivity index (χ4n) is 2.20. The average molecular weight is 199 g/mol. The van der Waals surface area contributed by atoms with Crippen molar-refractivity contribution in [1.82, 2.24) is 4.90 Å². The fraction of sp³-hybridized carbons (Fsp3) is 1.00. The van der Waals surface area contributed by atoms with Gasteiger partial charge in [-0.05, 0) is 46.6 Å². The molecule has 0 spiro atoms. The van der Waals surface area contributed by atoms with E-state index in [0.717, 1.165) is 12.5 Å². The third-order valence-corrected chi connectivity index (χ3v) is 2.58. The van der Waals surface area contributed by atoms with Gasteiger partial charge in [-0.3, -0.25) is 0 Å². The van der Waals surface area contributed by atoms with Crippen LogP contribution in [0.3, 0.4) is 0 Å². The van der Waals surface area contributed by atoms with E-state index < -0.39 is 0 Å². The second-order valence-corrected chi connectivity index (χ2v) is 5.69. The first-order valence-corrected chi connectivity index (χ1v) is 5.77. The second kappa shape index (κ2) is 4.63. The molecule has 1 rings (SSSR count). The van der Waals surface area contributed by atoms with Gasteiger partial charge in [-0.25, -0.2) is 0 Å². The molecule has 1 aliphatic rings. The molecule has 2 heteroatoms. The molecule has 14 heavy (non-hydrogen) atoms. The van der Waals surface area contributed by atoms with Gasteiger partial charge >= 0.3 is 0 Å². The minimum Gasteiger partial charge on any atom is -0.372 e. The number of hydrogen-bond acceptors (Lipinski definition) is 2. The second-order valence-electron chi connectivity index (χ2n) is 5.69. The predicted molar refractivity (Wildman–Crippen MR) is 60.5 cm³/mol. The van der Waals surface area contributed by atoms with Crippen molar-refractivity contribution in [2.24, 2.45) is 5.92 Å². The van der Waals surface area contributed by atoms with Crippen molar-refractivity contribution in [3.05, 3.63) is 0 Å². The van der Waals surface area contributed by atoms with Crippen LogP contribution in [0.2, 0.25) is 0 Å². The lowest BCUT2D eigenvalue weighted by molar-refractivity contribution is -0.0611. The van der Waals surface area contributed by atoms with Gasteiger partial charge in [0.05, 0.1) is 11.7 Å². The summed E-state index contributed by atoms with van der Waals surface area (Å²) in [6, 6.07) is 0. The molecule has 0 aromatic heterocycles. The van der Waals surface area contributed by atoms with Gasteiger partial charge in [0.15, 0.2) is 0 Å². The molecule has 1 fully saturated rings. The average Bonchev–Trinajstić information content (AvgIpc) is 2.30. The van der Waals surface area contributed by atoms with Crippen LogP contribution in [0, 0.1) is 5.92 Å². The highest BCUT2D eigenvalue weighted by molar-refractivity contribution is 4.75. The molecule has 0 radical (unpaired) electrons. The fourth-order valence-corrected chi connectivity index (χ4v) is 2.20. The molecule has 0 aliphatic carbocycles. The van der Waals surface area contributed by atoms with Gasteiger partial charge in [0.1, 0.15) is 0 Å². The Kier molecular flexibility index (Phi) is 3.96. The molecule has 2 atom stereocenters. The van der Waals surface area contributed by atoms with Crippen molar-refractivity contribution < 1.29 is 4.74 Å². The standard InChI is InChI=1S/C12H25NO/c1-10-6-7-13(8-10)9-11(2)14-12(3,4)5/h10-11H,6-9H2,1-5H3/t10-,11+/m0/s1. The topological polar surface area (TPSA) is 12.5 Å². The molecular formula is C12H25NO. The van der Waals surface area contributed by atoms with Gasteiger partial charge in [0, 0.05) is 13.1 Å². The molecule has 0 amide bonds. The van der Waals surface area contributed by atoms with Gasteiger partial charge in [-0.1, -0.05) is 6.92 Å². The summed E-state index contributed by atoms with van der Waals surface area (Å²) in [6.07, 6.45) is 1.70. The molecule has 1 heterocycles. The maximum atomic E-state index is 5.89. The SMILES string of the molecule is C[C@H]1CCN(C[C@@H](C)OC(C)(C)C)C1. The Balaban J connectivity index is 2.24. The van der Waals surface area contributed by atoms with Gasteiger partial charge in [0.25, 0.3) is 0 Å². The summed E-state index contributed by atoms with van der Waals surface area (Å²) in [4.78, 5) is 2.51. The summed E-state index contributed by atoms with van der Waals surface area (Å²) >= 11 is 0. The Labute approximate surface area is 88.6 Å². The smallest absolute Gasteiger partial charge is 0.0681 e. The highest BCUT2D eigenvalue weighted by Crippen LogP contribution is 2.17. The van der Waals surface area contributed by atoms with E-state index in [1.165, 1.54) is 19.5 Å². The zero-order chi connectivity index (χ0) is 10.8. The minimum absolute atomic E-state index is 0.00917. The zero-order valence-electron chi connectivity index (χ0n) is 10.3. The molecule has 0 saturated carbocycles. The number of likely N-dealkylation sites (tertiary alicyclic amines) is 1. The minimum atomic E-state index is -0.00917. The summed E-state index contributed by atoms with van der Waals surface area (Å²) in [5.74, 6) is 0.872. The Morgan fingerprint density at radius 1 is 1.43 bits per heavy atom. The lowest BCUT2D eigenvalue weighted by Crippen LogP contribution is -2.35. The van der Waals surface area contributed by atoms with Gasteiger partial charge in [-0.2, -0.15) is 0 Å². The molecule has 1 saturated heterocycles. The van der Waals surface area contributed by atoms with E-state index in [9.17, 15) is 0 Å². The first kappa shape index (κ1) is 12.0. The molecule has 0 aromatic carbocycles. The maximum Gasteiger partial charge on any atom is 0.0681 e. The third kappa shape index (κ3) is 4.43. The van der Waals surface area contributed by atoms with Gasteiger partial charge in [-0.15, -0.1) is 0 Å². The van der Waals surface area contributed by atoms with Crippen LogP contribution in [0.1, 0.15) is 41.0 Å². The van der Waals surface area contributed by atoms with Gasteiger partial charge < -0.3 is 9.64 Å². The monoisotopic (exact) mass is 199 g/mol. The number of nitrogens with zero attached hydrogens (tertiary/aromatic N) is 1. The van der Waals surface area contributed by atoms with Crippen molar-refractivity contribution in [3.8, 4) is 0 Å². The Morgan fingerprint density at radius 3 is 2.50 bits per heavy atom. The van der Waals surface area contributed by atoms with Crippen molar-refractivity contribution in [3.63, 3.8) is 0 Å². The summed E-state index contributed by atoms with van der Waals surface area (Å²) < 4.78 is 5.89. The van der Waals surface area contributed by atoms with Crippen molar-refractivity contribution in [2.75, 3.05) is 19.6 Å². The van der Waals surface area contributed by atoms with Crippen LogP contribution < -0.4 is 0 Å². The normalized spacial score (nSPS) is 26.8. The van der Waals surface area contributed by atoms with Crippen LogP contribution >= 0.6 is 0 Å². The summed E-state index contributed by atoms with van der Waals surface area (Å²) in [5.41, 5.74) is -0.00917. The van der Waals surface area contributed by atoms with Crippen LogP contribution in [0.15, 0.2) is 0 Å². The Morgan fingerprint density at radius 2 is 2.07 bits per heavy atom. The first-order valence-electron chi connectivity index (χ1n) is 5.77. The van der Waals surface area contributed by atoms with E-state index in [1.54, 1.807) is 0 Å². The predicted octanol–water partition coefficient (Wildman–Crippen LogP) is 2.53. The Bertz CT molecular complexity index is 174. The van der Waals surface area contributed by atoms with E-state index in [4.69, 9.17) is 4.74 Å². The zero-order valence-corrected chi connectivity index (χ0v) is 10.3. The quantitative estimate of drug-likeness (QED) is 0.692. The molecule has 1 aliphatic heterocycles. The third-order valence-electron chi connectivity index (χ3n) is 2.58. The first-order chi connectivity index (χ1) is 6.37. The molecule has 84 valence electrons. The summed E-state index contributed by atoms with van der Waals surface area (Å²) in [6.45, 7) is 14.4. The van der Waals surface area contributed by atoms with Crippen LogP contribution in [0.25, 0.3) is 0 Å².